The van der Waals surface area contributed by atoms with Crippen LogP contribution in [0.2, 0.25) is 0 Å². The molecule has 0 radical (unpaired) electrons. The number of ether oxygens (including phenoxy) is 1. The minimum atomic E-state index is -0.328. The van der Waals surface area contributed by atoms with Crippen molar-refractivity contribution >= 4 is 23.4 Å². The smallest absolute Gasteiger partial charge is 0.237 e. The van der Waals surface area contributed by atoms with Crippen LogP contribution in [0.1, 0.15) is 18.1 Å². The lowest BCUT2D eigenvalue weighted by molar-refractivity contribution is -0.115. The Hall–Kier alpha value is -2.80. The standard InChI is InChI=1S/C20H22N4O2S/c1-13-5-6-14(2)18(11-13)22-19(25)15(3)27-20-23-21-12-24(20)16-7-9-17(26-4)10-8-16/h5-12,15H,1-4H3,(H,22,25). The van der Waals surface area contributed by atoms with E-state index in [1.54, 1.807) is 13.4 Å². The van der Waals surface area contributed by atoms with Gasteiger partial charge in [0.25, 0.3) is 0 Å². The van der Waals surface area contributed by atoms with Crippen LogP contribution in [0.5, 0.6) is 5.75 Å². The summed E-state index contributed by atoms with van der Waals surface area (Å²) in [5.41, 5.74) is 3.89. The Morgan fingerprint density at radius 1 is 1.19 bits per heavy atom. The zero-order valence-electron chi connectivity index (χ0n) is 15.8. The molecule has 1 N–H and O–H groups in total. The van der Waals surface area contributed by atoms with Gasteiger partial charge in [-0.15, -0.1) is 10.2 Å². The summed E-state index contributed by atoms with van der Waals surface area (Å²) in [4.78, 5) is 12.6. The number of nitrogens with one attached hydrogen (secondary N) is 1. The molecule has 7 heteroatoms. The molecule has 0 fully saturated rings. The summed E-state index contributed by atoms with van der Waals surface area (Å²) in [7, 11) is 1.63. The summed E-state index contributed by atoms with van der Waals surface area (Å²) in [5, 5.41) is 11.5. The van der Waals surface area contributed by atoms with Gasteiger partial charge in [0.2, 0.25) is 5.91 Å². The maximum absolute atomic E-state index is 12.6. The molecule has 0 aliphatic carbocycles. The highest BCUT2D eigenvalue weighted by Gasteiger charge is 2.19. The van der Waals surface area contributed by atoms with Crippen LogP contribution in [0.3, 0.4) is 0 Å². The summed E-state index contributed by atoms with van der Waals surface area (Å²) in [6, 6.07) is 13.6. The first-order valence-corrected chi connectivity index (χ1v) is 9.45. The van der Waals surface area contributed by atoms with Crippen molar-refractivity contribution in [1.82, 2.24) is 14.8 Å². The highest BCUT2D eigenvalue weighted by Crippen LogP contribution is 2.26. The van der Waals surface area contributed by atoms with E-state index in [4.69, 9.17) is 4.74 Å². The number of carbonyl (C=O) groups is 1. The van der Waals surface area contributed by atoms with Gasteiger partial charge in [0.1, 0.15) is 12.1 Å². The summed E-state index contributed by atoms with van der Waals surface area (Å²) in [6.45, 7) is 5.84. The van der Waals surface area contributed by atoms with Crippen molar-refractivity contribution in [2.45, 2.75) is 31.2 Å². The Kier molecular flexibility index (Phi) is 5.81. The first-order valence-electron chi connectivity index (χ1n) is 8.57. The van der Waals surface area contributed by atoms with E-state index in [-0.39, 0.29) is 11.2 Å². The minimum absolute atomic E-state index is 0.0713. The molecule has 1 unspecified atom stereocenters. The van der Waals surface area contributed by atoms with Gasteiger partial charge in [0, 0.05) is 11.4 Å². The highest BCUT2D eigenvalue weighted by molar-refractivity contribution is 8.00. The topological polar surface area (TPSA) is 69.0 Å². The van der Waals surface area contributed by atoms with E-state index in [9.17, 15) is 4.79 Å². The van der Waals surface area contributed by atoms with Crippen LogP contribution in [-0.2, 0) is 4.79 Å². The third kappa shape index (κ3) is 4.49. The van der Waals surface area contributed by atoms with Crippen LogP contribution in [0.25, 0.3) is 5.69 Å². The molecule has 0 aliphatic rings. The molecule has 0 bridgehead atoms. The lowest BCUT2D eigenvalue weighted by atomic mass is 10.1. The van der Waals surface area contributed by atoms with Gasteiger partial charge < -0.3 is 10.1 Å². The molecule has 3 rings (SSSR count). The predicted octanol–water partition coefficient (Wildman–Crippen LogP) is 4.01. The van der Waals surface area contributed by atoms with E-state index in [2.05, 4.69) is 15.5 Å². The molecule has 140 valence electrons. The van der Waals surface area contributed by atoms with Crippen LogP contribution >= 0.6 is 11.8 Å². The van der Waals surface area contributed by atoms with E-state index in [1.807, 2.05) is 67.8 Å². The monoisotopic (exact) mass is 382 g/mol. The Labute approximate surface area is 163 Å². The number of amides is 1. The van der Waals surface area contributed by atoms with Gasteiger partial charge in [-0.1, -0.05) is 23.9 Å². The third-order valence-corrected chi connectivity index (χ3v) is 5.23. The fourth-order valence-electron chi connectivity index (χ4n) is 2.54. The summed E-state index contributed by atoms with van der Waals surface area (Å²) in [6.07, 6.45) is 1.64. The Morgan fingerprint density at radius 2 is 1.93 bits per heavy atom. The highest BCUT2D eigenvalue weighted by atomic mass is 32.2. The van der Waals surface area contributed by atoms with Gasteiger partial charge in [0.15, 0.2) is 5.16 Å². The van der Waals surface area contributed by atoms with Crippen molar-refractivity contribution in [1.29, 1.82) is 0 Å². The Balaban J connectivity index is 1.72. The summed E-state index contributed by atoms with van der Waals surface area (Å²) in [5.74, 6) is 0.709. The minimum Gasteiger partial charge on any atom is -0.497 e. The molecule has 0 saturated heterocycles. The van der Waals surface area contributed by atoms with E-state index in [1.165, 1.54) is 11.8 Å². The number of thioether (sulfide) groups is 1. The maximum atomic E-state index is 12.6. The van der Waals surface area contributed by atoms with Gasteiger partial charge in [-0.2, -0.15) is 0 Å². The van der Waals surface area contributed by atoms with Crippen molar-refractivity contribution in [3.8, 4) is 11.4 Å². The average Bonchev–Trinajstić information content (AvgIpc) is 3.12. The number of aromatic nitrogens is 3. The van der Waals surface area contributed by atoms with Gasteiger partial charge in [-0.05, 0) is 62.2 Å². The Morgan fingerprint density at radius 3 is 2.63 bits per heavy atom. The van der Waals surface area contributed by atoms with Crippen LogP contribution < -0.4 is 10.1 Å². The van der Waals surface area contributed by atoms with Gasteiger partial charge in [-0.3, -0.25) is 9.36 Å². The molecule has 1 atom stereocenters. The number of rotatable bonds is 6. The van der Waals surface area contributed by atoms with Crippen LogP contribution in [0, 0.1) is 13.8 Å². The summed E-state index contributed by atoms with van der Waals surface area (Å²) < 4.78 is 7.04. The molecule has 0 saturated carbocycles. The van der Waals surface area contributed by atoms with Gasteiger partial charge in [-0.25, -0.2) is 0 Å². The number of anilines is 1. The molecule has 1 aromatic heterocycles. The summed E-state index contributed by atoms with van der Waals surface area (Å²) >= 11 is 1.37. The van der Waals surface area contributed by atoms with Crippen LogP contribution in [0.15, 0.2) is 53.9 Å². The molecule has 1 heterocycles. The van der Waals surface area contributed by atoms with Crippen LogP contribution in [0.4, 0.5) is 5.69 Å². The lowest BCUT2D eigenvalue weighted by Crippen LogP contribution is -2.23. The molecule has 2 aromatic carbocycles. The van der Waals surface area contributed by atoms with E-state index in [0.717, 1.165) is 28.3 Å². The van der Waals surface area contributed by atoms with Crippen molar-refractivity contribution in [2.75, 3.05) is 12.4 Å². The van der Waals surface area contributed by atoms with Crippen molar-refractivity contribution in [3.05, 3.63) is 59.9 Å². The van der Waals surface area contributed by atoms with Gasteiger partial charge >= 0.3 is 0 Å². The number of aryl methyl sites for hydroxylation is 2. The molecule has 27 heavy (non-hydrogen) atoms. The Bertz CT molecular complexity index is 937. The first-order chi connectivity index (χ1) is 13.0. The third-order valence-electron chi connectivity index (χ3n) is 4.17. The zero-order valence-corrected chi connectivity index (χ0v) is 16.6. The fourth-order valence-corrected chi connectivity index (χ4v) is 3.38. The van der Waals surface area contributed by atoms with E-state index in [0.29, 0.717) is 5.16 Å². The molecule has 6 nitrogen and oxygen atoms in total. The number of methoxy groups -OCH3 is 1. The SMILES string of the molecule is COc1ccc(-n2cnnc2SC(C)C(=O)Nc2cc(C)ccc2C)cc1. The lowest BCUT2D eigenvalue weighted by Gasteiger charge is -2.14. The number of carbonyl (C=O) groups excluding carboxylic acids is 1. The molecule has 0 aliphatic heterocycles. The zero-order chi connectivity index (χ0) is 19.4. The normalized spacial score (nSPS) is 11.9. The molecule has 3 aromatic rings. The van der Waals surface area contributed by atoms with E-state index >= 15 is 0 Å². The fraction of sp³-hybridized carbons (Fsp3) is 0.250. The average molecular weight is 382 g/mol. The number of hydrogen-bond donors (Lipinski definition) is 1. The second kappa shape index (κ2) is 8.26. The largest absolute Gasteiger partial charge is 0.497 e. The second-order valence-electron chi connectivity index (χ2n) is 6.25. The quantitative estimate of drug-likeness (QED) is 0.652. The maximum Gasteiger partial charge on any atom is 0.237 e. The number of benzene rings is 2. The van der Waals surface area contributed by atoms with Gasteiger partial charge in [0.05, 0.1) is 12.4 Å². The number of nitrogens with zero attached hydrogens (tertiary/aromatic N) is 3. The molecular weight excluding hydrogens is 360 g/mol. The molecular formula is C20H22N4O2S. The van der Waals surface area contributed by atoms with Crippen molar-refractivity contribution in [3.63, 3.8) is 0 Å². The number of hydrogen-bond acceptors (Lipinski definition) is 5. The molecule has 0 spiro atoms. The first kappa shape index (κ1) is 19.0. The predicted molar refractivity (Wildman–Crippen MR) is 108 cm³/mol. The van der Waals surface area contributed by atoms with Crippen molar-refractivity contribution < 1.29 is 9.53 Å². The second-order valence-corrected chi connectivity index (χ2v) is 7.56. The van der Waals surface area contributed by atoms with Crippen LogP contribution in [-0.4, -0.2) is 33.0 Å². The van der Waals surface area contributed by atoms with Crippen molar-refractivity contribution in [2.24, 2.45) is 0 Å². The molecule has 1 amide bonds. The van der Waals surface area contributed by atoms with E-state index < -0.39 is 0 Å².